The van der Waals surface area contributed by atoms with Gasteiger partial charge in [0.1, 0.15) is 23.3 Å². The van der Waals surface area contributed by atoms with Crippen LogP contribution in [0.5, 0.6) is 0 Å². The topological polar surface area (TPSA) is 120 Å². The summed E-state index contributed by atoms with van der Waals surface area (Å²) in [6.45, 7) is 5.29. The average molecular weight is 867 g/mol. The Hall–Kier alpha value is -5.08. The van der Waals surface area contributed by atoms with Gasteiger partial charge in [-0.05, 0) is 112 Å². The van der Waals surface area contributed by atoms with Crippen LogP contribution in [0.1, 0.15) is 84.5 Å². The lowest BCUT2D eigenvalue weighted by Gasteiger charge is -2.23. The Bertz CT molecular complexity index is 2440. The van der Waals surface area contributed by atoms with Gasteiger partial charge in [0, 0.05) is 72.3 Å². The van der Waals surface area contributed by atoms with Gasteiger partial charge in [-0.2, -0.15) is 0 Å². The van der Waals surface area contributed by atoms with Gasteiger partial charge in [0.2, 0.25) is 0 Å². The second-order valence-corrected chi connectivity index (χ2v) is 18.3. The first-order valence-corrected chi connectivity index (χ1v) is 24.6. The summed E-state index contributed by atoms with van der Waals surface area (Å²) >= 11 is 0. The van der Waals surface area contributed by atoms with Crippen LogP contribution >= 0.6 is 0 Å². The number of hydrogen-bond donors (Lipinski definition) is 2. The third-order valence-electron chi connectivity index (χ3n) is 11.5. The predicted octanol–water partition coefficient (Wildman–Crippen LogP) is 10.9. The van der Waals surface area contributed by atoms with E-state index in [4.69, 9.17) is 9.97 Å². The number of aromatic nitrogens is 6. The van der Waals surface area contributed by atoms with E-state index in [1.165, 1.54) is 94.9 Å². The van der Waals surface area contributed by atoms with Crippen molar-refractivity contribution < 1.29 is 17.2 Å². The van der Waals surface area contributed by atoms with Crippen molar-refractivity contribution in [2.75, 3.05) is 23.1 Å². The van der Waals surface area contributed by atoms with Gasteiger partial charge in [-0.1, -0.05) is 44.9 Å². The predicted molar refractivity (Wildman–Crippen MR) is 243 cm³/mol. The fourth-order valence-electron chi connectivity index (χ4n) is 8.50. The molecule has 2 fully saturated rings. The monoisotopic (exact) mass is 866 g/mol. The molecule has 2 atom stereocenters. The maximum absolute atomic E-state index is 13.5. The minimum atomic E-state index is -1.25. The van der Waals surface area contributed by atoms with Crippen LogP contribution in [-0.4, -0.2) is 62.1 Å². The molecule has 4 aromatic heterocycles. The zero-order valence-electron chi connectivity index (χ0n) is 35.5. The number of hydrogen-bond acceptors (Lipinski definition) is 8. The average Bonchev–Trinajstić information content (AvgIpc) is 3.76. The van der Waals surface area contributed by atoms with E-state index in [2.05, 4.69) is 20.6 Å². The molecular weight excluding hydrogens is 811 g/mol. The highest BCUT2D eigenvalue weighted by molar-refractivity contribution is 7.84. The highest BCUT2D eigenvalue weighted by Crippen LogP contribution is 2.37. The van der Waals surface area contributed by atoms with Crippen molar-refractivity contribution in [3.05, 3.63) is 96.8 Å². The lowest BCUT2D eigenvalue weighted by atomic mass is 9.95. The van der Waals surface area contributed by atoms with E-state index in [-0.39, 0.29) is 11.6 Å². The summed E-state index contributed by atoms with van der Waals surface area (Å²) in [5, 5.41) is 8.23. The molecule has 61 heavy (non-hydrogen) atoms. The van der Waals surface area contributed by atoms with E-state index in [1.807, 2.05) is 47.2 Å². The number of benzene rings is 2. The highest BCUT2D eigenvalue weighted by Gasteiger charge is 2.24. The molecule has 0 radical (unpaired) electrons. The number of nitrogens with one attached hydrogen (secondary N) is 2. The van der Waals surface area contributed by atoms with Crippen molar-refractivity contribution in [1.82, 2.24) is 29.1 Å². The molecule has 2 unspecified atom stereocenters. The van der Waals surface area contributed by atoms with Crippen molar-refractivity contribution in [3.8, 4) is 45.0 Å². The summed E-state index contributed by atoms with van der Waals surface area (Å²) in [5.41, 5.74) is 6.67. The van der Waals surface area contributed by atoms with Crippen molar-refractivity contribution in [3.63, 3.8) is 0 Å². The molecule has 0 saturated heterocycles. The van der Waals surface area contributed by atoms with Crippen molar-refractivity contribution >= 4 is 33.2 Å². The zero-order chi connectivity index (χ0) is 42.9. The minimum Gasteiger partial charge on any atom is -0.367 e. The standard InChI is InChI=1S/C24H29FN4OS.C23H27FN4OS/c1-3-29-23(22(28-24(29)31(2)30)17-10-12-19(25)13-11-17)18-14-15-26-21(16-18)27-20-8-6-4-5-7-9-20;1-3-28-22(17-13-14-25-20(15-17)26-19-7-5-4-6-8-19)21(27-23(28)30(2)29)16-9-11-18(24)12-10-16/h10-16,20H,3-9H2,1-2H3,(H,26,27);9-15,19H,3-8H2,1-2H3,(H,25,26). The van der Waals surface area contributed by atoms with E-state index >= 15 is 0 Å². The summed E-state index contributed by atoms with van der Waals surface area (Å²) in [6, 6.07) is 21.5. The molecule has 322 valence electrons. The van der Waals surface area contributed by atoms with Gasteiger partial charge < -0.3 is 19.8 Å². The van der Waals surface area contributed by atoms with Gasteiger partial charge in [-0.3, -0.25) is 8.42 Å². The molecule has 6 aromatic rings. The van der Waals surface area contributed by atoms with Crippen LogP contribution in [0.25, 0.3) is 45.0 Å². The first kappa shape index (κ1) is 44.0. The fraction of sp³-hybridized carbons (Fsp3) is 0.404. The summed E-state index contributed by atoms with van der Waals surface area (Å²) in [6.07, 6.45) is 20.4. The quantitative estimate of drug-likeness (QED) is 0.117. The van der Waals surface area contributed by atoms with Crippen molar-refractivity contribution in [2.45, 2.75) is 120 Å². The molecule has 8 rings (SSSR count). The first-order chi connectivity index (χ1) is 29.6. The van der Waals surface area contributed by atoms with Crippen molar-refractivity contribution in [2.24, 2.45) is 0 Å². The number of imidazole rings is 2. The zero-order valence-corrected chi connectivity index (χ0v) is 37.1. The van der Waals surface area contributed by atoms with Gasteiger partial charge in [0.05, 0.1) is 44.4 Å². The molecule has 2 aromatic carbocycles. The van der Waals surface area contributed by atoms with Crippen LogP contribution in [0.3, 0.4) is 0 Å². The van der Waals surface area contributed by atoms with Crippen molar-refractivity contribution in [1.29, 1.82) is 0 Å². The molecule has 2 saturated carbocycles. The molecule has 10 nitrogen and oxygen atoms in total. The van der Waals surface area contributed by atoms with Crippen LogP contribution < -0.4 is 10.6 Å². The largest absolute Gasteiger partial charge is 0.367 e. The normalized spacial score (nSPS) is 16.0. The van der Waals surface area contributed by atoms with E-state index in [9.17, 15) is 17.2 Å². The summed E-state index contributed by atoms with van der Waals surface area (Å²) in [7, 11) is -2.49. The number of nitrogens with zero attached hydrogens (tertiary/aromatic N) is 6. The van der Waals surface area contributed by atoms with E-state index in [0.29, 0.717) is 46.9 Å². The molecule has 2 aliphatic carbocycles. The molecule has 4 heterocycles. The maximum Gasteiger partial charge on any atom is 0.199 e. The second kappa shape index (κ2) is 20.7. The number of halogens is 2. The third-order valence-corrected chi connectivity index (χ3v) is 13.1. The molecule has 2 aliphatic rings. The van der Waals surface area contributed by atoms with Crippen LogP contribution in [0.15, 0.2) is 95.5 Å². The second-order valence-electron chi connectivity index (χ2n) is 15.8. The van der Waals surface area contributed by atoms with Crippen LogP contribution in [-0.2, 0) is 34.7 Å². The number of pyridine rings is 2. The Kier molecular flexibility index (Phi) is 14.9. The molecule has 0 bridgehead atoms. The van der Waals surface area contributed by atoms with Gasteiger partial charge in [-0.15, -0.1) is 0 Å². The van der Waals surface area contributed by atoms with Gasteiger partial charge in [-0.25, -0.2) is 28.7 Å². The third kappa shape index (κ3) is 10.7. The van der Waals surface area contributed by atoms with E-state index in [0.717, 1.165) is 45.3 Å². The molecule has 0 amide bonds. The molecule has 0 aliphatic heterocycles. The Morgan fingerprint density at radius 3 is 1.26 bits per heavy atom. The molecule has 2 N–H and O–H groups in total. The van der Waals surface area contributed by atoms with E-state index < -0.39 is 21.6 Å². The maximum atomic E-state index is 13.5. The van der Waals surface area contributed by atoms with Crippen LogP contribution in [0.4, 0.5) is 20.4 Å². The number of rotatable bonds is 12. The van der Waals surface area contributed by atoms with Gasteiger partial charge >= 0.3 is 0 Å². The SMILES string of the molecule is CCn1c(S(C)=O)nc(-c2ccc(F)cc2)c1-c1ccnc(NC2CCCCC2)c1.CCn1c(S(C)=O)nc(-c2ccc(F)cc2)c1-c1ccnc(NC2CCCCCC2)c1. The summed E-state index contributed by atoms with van der Waals surface area (Å²) in [5.74, 6) is 1.10. The lowest BCUT2D eigenvalue weighted by molar-refractivity contribution is 0.462. The highest BCUT2D eigenvalue weighted by atomic mass is 32.2. The Labute approximate surface area is 363 Å². The van der Waals surface area contributed by atoms with Gasteiger partial charge in [0.15, 0.2) is 10.3 Å². The molecule has 14 heteroatoms. The molecular formula is C47H56F2N8O2S2. The van der Waals surface area contributed by atoms with E-state index in [1.54, 1.807) is 49.2 Å². The van der Waals surface area contributed by atoms with Gasteiger partial charge in [0.25, 0.3) is 0 Å². The Morgan fingerprint density at radius 2 is 0.918 bits per heavy atom. The summed E-state index contributed by atoms with van der Waals surface area (Å²) < 4.78 is 55.8. The minimum absolute atomic E-state index is 0.293. The lowest BCUT2D eigenvalue weighted by Crippen LogP contribution is -2.22. The Morgan fingerprint density at radius 1 is 0.557 bits per heavy atom. The number of anilines is 2. The fourth-order valence-corrected chi connectivity index (χ4v) is 10.00. The van der Waals surface area contributed by atoms with Crippen LogP contribution in [0, 0.1) is 11.6 Å². The Balaban J connectivity index is 0.000000184. The summed E-state index contributed by atoms with van der Waals surface area (Å²) in [4.78, 5) is 18.5. The first-order valence-electron chi connectivity index (χ1n) is 21.5. The molecule has 0 spiro atoms. The smallest absolute Gasteiger partial charge is 0.199 e. The van der Waals surface area contributed by atoms with Crippen LogP contribution in [0.2, 0.25) is 0 Å².